The van der Waals surface area contributed by atoms with E-state index in [1.807, 2.05) is 0 Å². The Balaban J connectivity index is 2.03. The minimum absolute atomic E-state index is 0.0696. The van der Waals surface area contributed by atoms with Crippen LogP contribution in [0, 0.1) is 6.92 Å². The largest absolute Gasteiger partial charge is 0.444 e. The number of fused-ring (bicyclic) bond motifs is 1. The molecule has 1 heterocycles. The minimum atomic E-state index is -3.69. The van der Waals surface area contributed by atoms with Crippen molar-refractivity contribution in [3.8, 4) is 11.1 Å². The fourth-order valence-corrected chi connectivity index (χ4v) is 4.91. The molecule has 0 fully saturated rings. The highest BCUT2D eigenvalue weighted by Gasteiger charge is 2.23. The third-order valence-corrected chi connectivity index (χ3v) is 7.43. The van der Waals surface area contributed by atoms with Crippen molar-refractivity contribution in [2.75, 3.05) is 20.6 Å². The molecule has 1 atom stereocenters. The van der Waals surface area contributed by atoms with Crippen LogP contribution in [0.25, 0.3) is 22.0 Å². The molecule has 1 unspecified atom stereocenters. The lowest BCUT2D eigenvalue weighted by Crippen LogP contribution is -2.32. The number of alkyl halides is 1. The highest BCUT2D eigenvalue weighted by atomic mass is 32.2. The smallest absolute Gasteiger partial charge is 0.407 e. The maximum atomic E-state index is 15.6. The van der Waals surface area contributed by atoms with E-state index < -0.39 is 28.0 Å². The maximum Gasteiger partial charge on any atom is 0.407 e. The summed E-state index contributed by atoms with van der Waals surface area (Å²) in [6.45, 7) is 7.06. The molecule has 3 aromatic rings. The SMILES string of the molecule is Cc1c(-c2cccc(S(=O)(=O)N(C)C)c2)c2cc(C=O)ccc2n1C(F)/C=C\CNC(=O)OC(C)(C)C. The predicted octanol–water partition coefficient (Wildman–Crippen LogP) is 5.23. The van der Waals surface area contributed by atoms with Crippen molar-refractivity contribution >= 4 is 33.3 Å². The van der Waals surface area contributed by atoms with Crippen LogP contribution in [0.15, 0.2) is 59.5 Å². The zero-order valence-corrected chi connectivity index (χ0v) is 22.6. The summed E-state index contributed by atoms with van der Waals surface area (Å²) in [5.74, 6) is 0. The molecule has 0 saturated carbocycles. The highest BCUT2D eigenvalue weighted by molar-refractivity contribution is 7.89. The molecular formula is C27H32FN3O5S. The van der Waals surface area contributed by atoms with Crippen LogP contribution in [0.3, 0.4) is 0 Å². The highest BCUT2D eigenvalue weighted by Crippen LogP contribution is 2.38. The molecule has 0 bridgehead atoms. The van der Waals surface area contributed by atoms with Gasteiger partial charge in [0.15, 0.2) is 6.30 Å². The van der Waals surface area contributed by atoms with E-state index in [0.717, 1.165) is 4.31 Å². The number of benzene rings is 2. The molecule has 3 rings (SSSR count). The van der Waals surface area contributed by atoms with Crippen LogP contribution in [0.5, 0.6) is 0 Å². The molecule has 37 heavy (non-hydrogen) atoms. The molecule has 1 aromatic heterocycles. The Morgan fingerprint density at radius 3 is 2.51 bits per heavy atom. The van der Waals surface area contributed by atoms with Gasteiger partial charge < -0.3 is 14.6 Å². The molecule has 198 valence electrons. The summed E-state index contributed by atoms with van der Waals surface area (Å²) >= 11 is 0. The second-order valence-corrected chi connectivity index (χ2v) is 11.9. The molecule has 0 aliphatic heterocycles. The number of alkyl carbamates (subject to hydrolysis) is 1. The van der Waals surface area contributed by atoms with Gasteiger partial charge in [-0.1, -0.05) is 18.2 Å². The lowest BCUT2D eigenvalue weighted by Gasteiger charge is -2.19. The summed E-state index contributed by atoms with van der Waals surface area (Å²) < 4.78 is 48.8. The van der Waals surface area contributed by atoms with Crippen molar-refractivity contribution in [1.29, 1.82) is 0 Å². The Labute approximate surface area is 216 Å². The molecule has 10 heteroatoms. The van der Waals surface area contributed by atoms with Crippen molar-refractivity contribution in [3.05, 3.63) is 65.9 Å². The summed E-state index contributed by atoms with van der Waals surface area (Å²) in [6.07, 6.45) is 1.31. The summed E-state index contributed by atoms with van der Waals surface area (Å²) in [5.41, 5.74) is 2.06. The number of amides is 1. The van der Waals surface area contributed by atoms with Gasteiger partial charge in [-0.25, -0.2) is 21.9 Å². The van der Waals surface area contributed by atoms with Crippen LogP contribution in [-0.2, 0) is 14.8 Å². The second-order valence-electron chi connectivity index (χ2n) is 9.72. The third-order valence-electron chi connectivity index (χ3n) is 5.61. The zero-order chi connectivity index (χ0) is 27.5. The van der Waals surface area contributed by atoms with Crippen molar-refractivity contribution in [2.24, 2.45) is 0 Å². The summed E-state index contributed by atoms with van der Waals surface area (Å²) in [6, 6.07) is 11.4. The number of allylic oxidation sites excluding steroid dienone is 1. The van der Waals surface area contributed by atoms with Crippen LogP contribution in [0.4, 0.5) is 9.18 Å². The molecule has 1 amide bonds. The van der Waals surface area contributed by atoms with E-state index >= 15 is 4.39 Å². The van der Waals surface area contributed by atoms with Gasteiger partial charge in [-0.3, -0.25) is 4.79 Å². The van der Waals surface area contributed by atoms with Crippen LogP contribution in [0.1, 0.15) is 43.1 Å². The van der Waals surface area contributed by atoms with Crippen molar-refractivity contribution in [3.63, 3.8) is 0 Å². The van der Waals surface area contributed by atoms with Gasteiger partial charge in [0.25, 0.3) is 0 Å². The van der Waals surface area contributed by atoms with Gasteiger partial charge in [-0.05, 0) is 69.7 Å². The first kappa shape index (κ1) is 28.1. The number of aromatic nitrogens is 1. The topological polar surface area (TPSA) is 97.7 Å². The standard InChI is InChI=1S/C27H32FN3O5S/c1-18-25(20-9-7-10-21(16-20)37(34,35)30(5)6)22-15-19(17-32)12-13-23(22)31(18)24(28)11-8-14-29-26(33)36-27(2,3)4/h7-13,15-17,24H,14H2,1-6H3,(H,29,33)/b11-8-. The summed E-state index contributed by atoms with van der Waals surface area (Å²) in [5, 5.41) is 3.16. The maximum absolute atomic E-state index is 15.6. The molecule has 0 radical (unpaired) electrons. The number of carbonyl (C=O) groups excluding carboxylic acids is 2. The third kappa shape index (κ3) is 6.26. The summed E-state index contributed by atoms with van der Waals surface area (Å²) in [7, 11) is -0.786. The number of rotatable bonds is 8. The number of hydrogen-bond donors (Lipinski definition) is 1. The van der Waals surface area contributed by atoms with E-state index in [1.54, 1.807) is 64.1 Å². The minimum Gasteiger partial charge on any atom is -0.444 e. The summed E-state index contributed by atoms with van der Waals surface area (Å²) in [4.78, 5) is 23.4. The number of sulfonamides is 1. The van der Waals surface area contributed by atoms with Crippen LogP contribution in [-0.4, -0.2) is 55.9 Å². The number of aldehydes is 1. The fourth-order valence-electron chi connectivity index (χ4n) is 3.96. The van der Waals surface area contributed by atoms with E-state index in [-0.39, 0.29) is 11.4 Å². The average Bonchev–Trinajstić information content (AvgIpc) is 3.11. The fraction of sp³-hybridized carbons (Fsp3) is 0.333. The molecule has 2 aromatic carbocycles. The van der Waals surface area contributed by atoms with E-state index in [1.165, 1.54) is 36.9 Å². The van der Waals surface area contributed by atoms with Gasteiger partial charge in [0.1, 0.15) is 11.9 Å². The Kier molecular flexibility index (Phi) is 8.24. The van der Waals surface area contributed by atoms with E-state index in [0.29, 0.717) is 39.6 Å². The van der Waals surface area contributed by atoms with Crippen LogP contribution < -0.4 is 5.32 Å². The zero-order valence-electron chi connectivity index (χ0n) is 21.8. The van der Waals surface area contributed by atoms with Gasteiger partial charge in [-0.2, -0.15) is 0 Å². The quantitative estimate of drug-likeness (QED) is 0.318. The van der Waals surface area contributed by atoms with Gasteiger partial charge in [0.2, 0.25) is 10.0 Å². The van der Waals surface area contributed by atoms with Gasteiger partial charge >= 0.3 is 6.09 Å². The van der Waals surface area contributed by atoms with Crippen LogP contribution >= 0.6 is 0 Å². The lowest BCUT2D eigenvalue weighted by atomic mass is 10.0. The number of nitrogens with one attached hydrogen (secondary N) is 1. The van der Waals surface area contributed by atoms with E-state index in [2.05, 4.69) is 5.32 Å². The van der Waals surface area contributed by atoms with Gasteiger partial charge in [0, 0.05) is 42.8 Å². The Hall–Kier alpha value is -3.50. The number of halogens is 1. The molecule has 8 nitrogen and oxygen atoms in total. The number of hydrogen-bond acceptors (Lipinski definition) is 5. The normalized spacial score (nSPS) is 13.3. The molecule has 1 N–H and O–H groups in total. The lowest BCUT2D eigenvalue weighted by molar-refractivity contribution is 0.0533. The first-order chi connectivity index (χ1) is 17.3. The van der Waals surface area contributed by atoms with E-state index in [9.17, 15) is 18.0 Å². The van der Waals surface area contributed by atoms with Crippen LogP contribution in [0.2, 0.25) is 0 Å². The number of nitrogens with zero attached hydrogens (tertiary/aromatic N) is 2. The molecular weight excluding hydrogens is 497 g/mol. The first-order valence-electron chi connectivity index (χ1n) is 11.7. The molecule has 0 saturated heterocycles. The van der Waals surface area contributed by atoms with E-state index in [4.69, 9.17) is 4.74 Å². The molecule has 0 aliphatic rings. The number of carbonyl (C=O) groups is 2. The number of ether oxygens (including phenoxy) is 1. The van der Waals surface area contributed by atoms with Gasteiger partial charge in [0.05, 0.1) is 10.4 Å². The van der Waals surface area contributed by atoms with Crippen molar-refractivity contribution in [2.45, 2.75) is 44.5 Å². The monoisotopic (exact) mass is 529 g/mol. The first-order valence-corrected chi connectivity index (χ1v) is 13.1. The Morgan fingerprint density at radius 1 is 1.19 bits per heavy atom. The van der Waals surface area contributed by atoms with Crippen molar-refractivity contribution < 1.29 is 27.1 Å². The Bertz CT molecular complexity index is 1450. The second kappa shape index (κ2) is 10.9. The van der Waals surface area contributed by atoms with Gasteiger partial charge in [-0.15, -0.1) is 0 Å². The molecule has 0 spiro atoms. The average molecular weight is 530 g/mol. The molecule has 0 aliphatic carbocycles. The van der Waals surface area contributed by atoms with Crippen molar-refractivity contribution in [1.82, 2.24) is 14.2 Å². The predicted molar refractivity (Wildman–Crippen MR) is 142 cm³/mol. The Morgan fingerprint density at radius 2 is 1.89 bits per heavy atom.